The molecule has 6 heteroatoms. The van der Waals surface area contributed by atoms with Crippen LogP contribution in [-0.2, 0) is 4.79 Å². The summed E-state index contributed by atoms with van der Waals surface area (Å²) < 4.78 is 10.1. The quantitative estimate of drug-likeness (QED) is 0.744. The summed E-state index contributed by atoms with van der Waals surface area (Å²) in [4.78, 5) is 21.2. The Labute approximate surface area is 106 Å². The van der Waals surface area contributed by atoms with Crippen molar-refractivity contribution in [1.82, 2.24) is 14.9 Å². The SMILES string of the molecule is COc1nc(C)c(/C=C/C(=O)N(C)C)c(OC)n1. The fourth-order valence-corrected chi connectivity index (χ4v) is 1.27. The number of hydrogen-bond donors (Lipinski definition) is 0. The summed E-state index contributed by atoms with van der Waals surface area (Å²) in [6, 6.07) is 0.237. The van der Waals surface area contributed by atoms with E-state index in [1.807, 2.05) is 0 Å². The van der Waals surface area contributed by atoms with Crippen molar-refractivity contribution in [2.45, 2.75) is 6.92 Å². The molecule has 0 saturated carbocycles. The van der Waals surface area contributed by atoms with Crippen molar-refractivity contribution in [2.75, 3.05) is 28.3 Å². The minimum Gasteiger partial charge on any atom is -0.480 e. The van der Waals surface area contributed by atoms with E-state index >= 15 is 0 Å². The monoisotopic (exact) mass is 251 g/mol. The molecule has 0 aliphatic heterocycles. The number of carbonyl (C=O) groups is 1. The highest BCUT2D eigenvalue weighted by Gasteiger charge is 2.10. The molecule has 98 valence electrons. The fourth-order valence-electron chi connectivity index (χ4n) is 1.27. The molecule has 0 bridgehead atoms. The summed E-state index contributed by atoms with van der Waals surface area (Å²) in [5, 5.41) is 0. The van der Waals surface area contributed by atoms with E-state index in [0.717, 1.165) is 0 Å². The van der Waals surface area contributed by atoms with Gasteiger partial charge in [-0.2, -0.15) is 9.97 Å². The van der Waals surface area contributed by atoms with Crippen molar-refractivity contribution in [3.05, 3.63) is 17.3 Å². The minimum absolute atomic E-state index is 0.118. The van der Waals surface area contributed by atoms with Crippen LogP contribution in [0.25, 0.3) is 6.08 Å². The van der Waals surface area contributed by atoms with E-state index in [1.54, 1.807) is 27.1 Å². The van der Waals surface area contributed by atoms with Crippen molar-refractivity contribution in [3.63, 3.8) is 0 Å². The smallest absolute Gasteiger partial charge is 0.319 e. The third-order valence-electron chi connectivity index (χ3n) is 2.29. The maximum absolute atomic E-state index is 11.5. The molecule has 0 spiro atoms. The molecule has 0 aliphatic carbocycles. The molecule has 0 aliphatic rings. The van der Waals surface area contributed by atoms with E-state index in [2.05, 4.69) is 9.97 Å². The summed E-state index contributed by atoms with van der Waals surface area (Å²) in [5.41, 5.74) is 1.34. The zero-order chi connectivity index (χ0) is 13.7. The van der Waals surface area contributed by atoms with Crippen molar-refractivity contribution >= 4 is 12.0 Å². The van der Waals surface area contributed by atoms with Gasteiger partial charge in [-0.05, 0) is 13.0 Å². The van der Waals surface area contributed by atoms with Crippen molar-refractivity contribution in [3.8, 4) is 11.9 Å². The molecule has 0 atom stereocenters. The number of amides is 1. The summed E-state index contributed by atoms with van der Waals surface area (Å²) in [5.74, 6) is 0.259. The molecule has 18 heavy (non-hydrogen) atoms. The van der Waals surface area contributed by atoms with Gasteiger partial charge in [0.25, 0.3) is 0 Å². The second kappa shape index (κ2) is 6.00. The van der Waals surface area contributed by atoms with Crippen LogP contribution in [0, 0.1) is 6.92 Å². The van der Waals surface area contributed by atoms with Crippen LogP contribution >= 0.6 is 0 Å². The van der Waals surface area contributed by atoms with Gasteiger partial charge in [0.2, 0.25) is 11.8 Å². The molecular formula is C12H17N3O3. The summed E-state index contributed by atoms with van der Waals surface area (Å²) >= 11 is 0. The lowest BCUT2D eigenvalue weighted by Crippen LogP contribution is -2.18. The minimum atomic E-state index is -0.118. The molecule has 0 unspecified atom stereocenters. The van der Waals surface area contributed by atoms with Crippen LogP contribution in [0.2, 0.25) is 0 Å². The Morgan fingerprint density at radius 3 is 2.39 bits per heavy atom. The van der Waals surface area contributed by atoms with Gasteiger partial charge in [0, 0.05) is 20.2 Å². The average molecular weight is 251 g/mol. The first kappa shape index (κ1) is 14.0. The highest BCUT2D eigenvalue weighted by Crippen LogP contribution is 2.22. The molecule has 0 aromatic carbocycles. The van der Waals surface area contributed by atoms with Gasteiger partial charge in [-0.25, -0.2) is 0 Å². The van der Waals surface area contributed by atoms with E-state index in [9.17, 15) is 4.79 Å². The largest absolute Gasteiger partial charge is 0.480 e. The van der Waals surface area contributed by atoms with E-state index in [-0.39, 0.29) is 11.9 Å². The lowest BCUT2D eigenvalue weighted by Gasteiger charge is -2.09. The Bertz CT molecular complexity index is 470. The Kier molecular flexibility index (Phi) is 4.65. The molecule has 0 radical (unpaired) electrons. The normalized spacial score (nSPS) is 10.5. The number of carbonyl (C=O) groups excluding carboxylic acids is 1. The number of nitrogens with zero attached hydrogens (tertiary/aromatic N) is 3. The van der Waals surface area contributed by atoms with Gasteiger partial charge in [-0.3, -0.25) is 4.79 Å². The first-order chi connectivity index (χ1) is 8.49. The summed E-state index contributed by atoms with van der Waals surface area (Å²) in [6.07, 6.45) is 3.08. The molecule has 1 heterocycles. The highest BCUT2D eigenvalue weighted by atomic mass is 16.5. The Morgan fingerprint density at radius 2 is 1.89 bits per heavy atom. The second-order valence-electron chi connectivity index (χ2n) is 3.78. The molecule has 1 amide bonds. The van der Waals surface area contributed by atoms with Crippen LogP contribution < -0.4 is 9.47 Å². The average Bonchev–Trinajstić information content (AvgIpc) is 2.35. The van der Waals surface area contributed by atoms with E-state index < -0.39 is 0 Å². The number of hydrogen-bond acceptors (Lipinski definition) is 5. The number of aromatic nitrogens is 2. The maximum atomic E-state index is 11.5. The van der Waals surface area contributed by atoms with Crippen LogP contribution in [0.3, 0.4) is 0 Å². The van der Waals surface area contributed by atoms with Crippen LogP contribution in [0.5, 0.6) is 11.9 Å². The first-order valence-electron chi connectivity index (χ1n) is 5.35. The standard InChI is InChI=1S/C12H17N3O3/c1-8-9(6-7-10(16)15(2)3)11(17-4)14-12(13-8)18-5/h6-7H,1-5H3/b7-6+. The van der Waals surface area contributed by atoms with Gasteiger partial charge >= 0.3 is 6.01 Å². The number of methoxy groups -OCH3 is 2. The topological polar surface area (TPSA) is 64.5 Å². The fraction of sp³-hybridized carbons (Fsp3) is 0.417. The number of rotatable bonds is 4. The van der Waals surface area contributed by atoms with Gasteiger partial charge in [-0.1, -0.05) is 0 Å². The highest BCUT2D eigenvalue weighted by molar-refractivity contribution is 5.91. The third-order valence-corrected chi connectivity index (χ3v) is 2.29. The van der Waals surface area contributed by atoms with Gasteiger partial charge < -0.3 is 14.4 Å². The van der Waals surface area contributed by atoms with Gasteiger partial charge in [0.15, 0.2) is 0 Å². The Balaban J connectivity index is 3.12. The molecule has 0 saturated heterocycles. The second-order valence-corrected chi connectivity index (χ2v) is 3.78. The molecule has 0 fully saturated rings. The molecular weight excluding hydrogens is 234 g/mol. The Morgan fingerprint density at radius 1 is 1.22 bits per heavy atom. The van der Waals surface area contributed by atoms with Crippen LogP contribution in [0.1, 0.15) is 11.3 Å². The van der Waals surface area contributed by atoms with Gasteiger partial charge in [0.05, 0.1) is 25.5 Å². The van der Waals surface area contributed by atoms with Crippen LogP contribution in [-0.4, -0.2) is 49.1 Å². The van der Waals surface area contributed by atoms with Gasteiger partial charge in [0.1, 0.15) is 0 Å². The number of likely N-dealkylation sites (N-methyl/N-ethyl adjacent to an activating group) is 1. The van der Waals surface area contributed by atoms with Crippen molar-refractivity contribution in [2.24, 2.45) is 0 Å². The zero-order valence-electron chi connectivity index (χ0n) is 11.2. The van der Waals surface area contributed by atoms with E-state index in [0.29, 0.717) is 17.1 Å². The predicted molar refractivity (Wildman–Crippen MR) is 67.6 cm³/mol. The molecule has 1 aromatic rings. The predicted octanol–water partition coefficient (Wildman–Crippen LogP) is 0.904. The Hall–Kier alpha value is -2.11. The number of aryl methyl sites for hydroxylation is 1. The third kappa shape index (κ3) is 3.19. The van der Waals surface area contributed by atoms with Crippen molar-refractivity contribution < 1.29 is 14.3 Å². The van der Waals surface area contributed by atoms with E-state index in [4.69, 9.17) is 9.47 Å². The first-order valence-corrected chi connectivity index (χ1v) is 5.35. The summed E-state index contributed by atoms with van der Waals surface area (Å²) in [7, 11) is 6.36. The lowest BCUT2D eigenvalue weighted by molar-refractivity contribution is -0.123. The molecule has 1 aromatic heterocycles. The van der Waals surface area contributed by atoms with Gasteiger partial charge in [-0.15, -0.1) is 0 Å². The maximum Gasteiger partial charge on any atom is 0.319 e. The zero-order valence-corrected chi connectivity index (χ0v) is 11.2. The molecule has 0 N–H and O–H groups in total. The van der Waals surface area contributed by atoms with Crippen molar-refractivity contribution in [1.29, 1.82) is 0 Å². The van der Waals surface area contributed by atoms with E-state index in [1.165, 1.54) is 25.2 Å². The summed E-state index contributed by atoms with van der Waals surface area (Å²) in [6.45, 7) is 1.80. The molecule has 6 nitrogen and oxygen atoms in total. The lowest BCUT2D eigenvalue weighted by atomic mass is 10.2. The molecule has 1 rings (SSSR count). The van der Waals surface area contributed by atoms with Crippen LogP contribution in [0.15, 0.2) is 6.08 Å². The van der Waals surface area contributed by atoms with Crippen LogP contribution in [0.4, 0.5) is 0 Å². The number of ether oxygens (including phenoxy) is 2.